The van der Waals surface area contributed by atoms with Crippen LogP contribution in [0.3, 0.4) is 0 Å². The summed E-state index contributed by atoms with van der Waals surface area (Å²) in [5, 5.41) is 1.23. The highest BCUT2D eigenvalue weighted by Crippen LogP contribution is 2.37. The van der Waals surface area contributed by atoms with Crippen LogP contribution >= 0.6 is 18.7 Å². The largest absolute Gasteiger partial charge is 0.398 e. The van der Waals surface area contributed by atoms with Gasteiger partial charge in [0.1, 0.15) is 7.14 Å². The molecule has 4 heteroatoms. The maximum atomic E-state index is 11.7. The third-order valence-electron chi connectivity index (χ3n) is 1.57. The average Bonchev–Trinajstić information content (AvgIpc) is 1.92. The highest BCUT2D eigenvalue weighted by Gasteiger charge is 2.14. The lowest BCUT2D eigenvalue weighted by atomic mass is 10.3. The molecule has 0 fully saturated rings. The van der Waals surface area contributed by atoms with Crippen LogP contribution in [0.2, 0.25) is 5.02 Å². The molecule has 0 atom stereocenters. The van der Waals surface area contributed by atoms with Gasteiger partial charge < -0.3 is 10.3 Å². The van der Waals surface area contributed by atoms with Crippen molar-refractivity contribution < 1.29 is 4.57 Å². The molecule has 0 heterocycles. The Morgan fingerprint density at radius 3 is 2.42 bits per heavy atom. The van der Waals surface area contributed by atoms with Crippen molar-refractivity contribution in [2.45, 2.75) is 0 Å². The molecule has 0 aliphatic rings. The zero-order chi connectivity index (χ0) is 9.35. The van der Waals surface area contributed by atoms with E-state index in [9.17, 15) is 4.57 Å². The highest BCUT2D eigenvalue weighted by molar-refractivity contribution is 7.70. The Morgan fingerprint density at radius 2 is 2.00 bits per heavy atom. The van der Waals surface area contributed by atoms with E-state index in [0.29, 0.717) is 16.0 Å². The van der Waals surface area contributed by atoms with E-state index in [1.807, 2.05) is 0 Å². The van der Waals surface area contributed by atoms with Gasteiger partial charge in [-0.25, -0.2) is 0 Å². The Hall–Kier alpha value is -0.460. The lowest BCUT2D eigenvalue weighted by Crippen LogP contribution is -2.09. The van der Waals surface area contributed by atoms with E-state index in [4.69, 9.17) is 17.3 Å². The van der Waals surface area contributed by atoms with E-state index in [2.05, 4.69) is 0 Å². The highest BCUT2D eigenvalue weighted by atomic mass is 35.5. The van der Waals surface area contributed by atoms with Gasteiger partial charge in [0.15, 0.2) is 0 Å². The quantitative estimate of drug-likeness (QED) is 0.562. The fourth-order valence-electron chi connectivity index (χ4n) is 0.983. The smallest absolute Gasteiger partial charge is 0.111 e. The number of nitrogen functional groups attached to an aromatic ring is 1. The first-order valence-electron chi connectivity index (χ1n) is 3.52. The number of anilines is 1. The molecule has 0 unspecified atom stereocenters. The molecule has 0 aliphatic heterocycles. The molecule has 1 aromatic rings. The second-order valence-electron chi connectivity index (χ2n) is 3.05. The van der Waals surface area contributed by atoms with Crippen LogP contribution in [0, 0.1) is 0 Å². The van der Waals surface area contributed by atoms with Crippen molar-refractivity contribution in [1.82, 2.24) is 0 Å². The second-order valence-corrected chi connectivity index (χ2v) is 6.67. The van der Waals surface area contributed by atoms with Crippen LogP contribution in [-0.2, 0) is 4.57 Å². The first-order chi connectivity index (χ1) is 5.41. The van der Waals surface area contributed by atoms with Gasteiger partial charge in [-0.2, -0.15) is 0 Å². The Balaban J connectivity index is 3.33. The molecule has 0 aromatic heterocycles. The Morgan fingerprint density at radius 1 is 1.42 bits per heavy atom. The Labute approximate surface area is 77.1 Å². The summed E-state index contributed by atoms with van der Waals surface area (Å²) in [5.74, 6) is 0. The molecule has 2 nitrogen and oxygen atoms in total. The first-order valence-corrected chi connectivity index (χ1v) is 6.50. The summed E-state index contributed by atoms with van der Waals surface area (Å²) in [6, 6.07) is 5.03. The summed E-state index contributed by atoms with van der Waals surface area (Å²) >= 11 is 5.75. The van der Waals surface area contributed by atoms with E-state index < -0.39 is 7.14 Å². The van der Waals surface area contributed by atoms with Crippen LogP contribution in [0.4, 0.5) is 5.69 Å². The van der Waals surface area contributed by atoms with Gasteiger partial charge in [-0.05, 0) is 31.5 Å². The van der Waals surface area contributed by atoms with Crippen molar-refractivity contribution in [2.24, 2.45) is 0 Å². The number of hydrogen-bond donors (Lipinski definition) is 1. The molecule has 0 saturated heterocycles. The van der Waals surface area contributed by atoms with Crippen molar-refractivity contribution >= 4 is 29.7 Å². The van der Waals surface area contributed by atoms with E-state index in [0.717, 1.165) is 0 Å². The average molecular weight is 204 g/mol. The van der Waals surface area contributed by atoms with E-state index in [-0.39, 0.29) is 0 Å². The molecule has 0 spiro atoms. The lowest BCUT2D eigenvalue weighted by molar-refractivity contribution is 0.588. The van der Waals surface area contributed by atoms with Gasteiger partial charge in [-0.15, -0.1) is 0 Å². The molecular weight excluding hydrogens is 193 g/mol. The van der Waals surface area contributed by atoms with Crippen molar-refractivity contribution in [3.63, 3.8) is 0 Å². The molecule has 0 aliphatic carbocycles. The van der Waals surface area contributed by atoms with E-state index in [1.54, 1.807) is 31.5 Å². The first kappa shape index (κ1) is 9.63. The minimum Gasteiger partial charge on any atom is -0.398 e. The maximum absolute atomic E-state index is 11.7. The van der Waals surface area contributed by atoms with Gasteiger partial charge in [0.05, 0.1) is 0 Å². The topological polar surface area (TPSA) is 43.1 Å². The molecule has 2 N–H and O–H groups in total. The summed E-state index contributed by atoms with van der Waals surface area (Å²) in [6.45, 7) is 3.35. The standard InChI is InChI=1S/C8H11ClNOP/c1-12(2,11)8-5-6(9)3-4-7(8)10/h3-5H,10H2,1-2H3. The summed E-state index contributed by atoms with van der Waals surface area (Å²) in [7, 11) is -2.29. The number of nitrogens with two attached hydrogens (primary N) is 1. The van der Waals surface area contributed by atoms with E-state index in [1.165, 1.54) is 0 Å². The van der Waals surface area contributed by atoms with Gasteiger partial charge in [-0.3, -0.25) is 0 Å². The second kappa shape index (κ2) is 3.12. The minimum absolute atomic E-state index is 0.549. The monoisotopic (exact) mass is 203 g/mol. The van der Waals surface area contributed by atoms with Crippen molar-refractivity contribution in [3.05, 3.63) is 23.2 Å². The van der Waals surface area contributed by atoms with Crippen LogP contribution in [-0.4, -0.2) is 13.3 Å². The van der Waals surface area contributed by atoms with Gasteiger partial charge in [0, 0.05) is 16.0 Å². The lowest BCUT2D eigenvalue weighted by Gasteiger charge is -2.09. The summed E-state index contributed by atoms with van der Waals surface area (Å²) in [5.41, 5.74) is 6.19. The Kier molecular flexibility index (Phi) is 2.50. The van der Waals surface area contributed by atoms with Gasteiger partial charge in [-0.1, -0.05) is 11.6 Å². The fourth-order valence-corrected chi connectivity index (χ4v) is 2.38. The third-order valence-corrected chi connectivity index (χ3v) is 3.36. The van der Waals surface area contributed by atoms with Crippen molar-refractivity contribution in [3.8, 4) is 0 Å². The SMILES string of the molecule is CP(C)(=O)c1cc(Cl)ccc1N. The van der Waals surface area contributed by atoms with Crippen LogP contribution < -0.4 is 11.0 Å². The molecule has 1 rings (SSSR count). The number of hydrogen-bond acceptors (Lipinski definition) is 2. The van der Waals surface area contributed by atoms with Crippen LogP contribution in [0.25, 0.3) is 0 Å². The predicted octanol–water partition coefficient (Wildman–Crippen LogP) is 2.17. The maximum Gasteiger partial charge on any atom is 0.111 e. The van der Waals surface area contributed by atoms with Crippen LogP contribution in [0.15, 0.2) is 18.2 Å². The van der Waals surface area contributed by atoms with Crippen LogP contribution in [0.1, 0.15) is 0 Å². The summed E-state index contributed by atoms with van der Waals surface area (Å²) < 4.78 is 11.7. The minimum atomic E-state index is -2.29. The summed E-state index contributed by atoms with van der Waals surface area (Å²) in [6.07, 6.45) is 0. The third kappa shape index (κ3) is 2.02. The zero-order valence-corrected chi connectivity index (χ0v) is 8.69. The summed E-state index contributed by atoms with van der Waals surface area (Å²) in [4.78, 5) is 0. The molecule has 1 aromatic carbocycles. The van der Waals surface area contributed by atoms with Gasteiger partial charge in [0.25, 0.3) is 0 Å². The number of rotatable bonds is 1. The molecule has 66 valence electrons. The molecule has 0 saturated carbocycles. The number of halogens is 1. The normalized spacial score (nSPS) is 11.6. The molecular formula is C8H11ClNOP. The Bertz CT molecular complexity index is 345. The van der Waals surface area contributed by atoms with Gasteiger partial charge in [0.2, 0.25) is 0 Å². The number of benzene rings is 1. The molecule has 0 radical (unpaired) electrons. The van der Waals surface area contributed by atoms with Crippen molar-refractivity contribution in [2.75, 3.05) is 19.1 Å². The van der Waals surface area contributed by atoms with Crippen LogP contribution in [0.5, 0.6) is 0 Å². The van der Waals surface area contributed by atoms with Crippen molar-refractivity contribution in [1.29, 1.82) is 0 Å². The molecule has 12 heavy (non-hydrogen) atoms. The predicted molar refractivity (Wildman–Crippen MR) is 55.0 cm³/mol. The van der Waals surface area contributed by atoms with Gasteiger partial charge >= 0.3 is 0 Å². The van der Waals surface area contributed by atoms with E-state index >= 15 is 0 Å². The fraction of sp³-hybridized carbons (Fsp3) is 0.250. The zero-order valence-electron chi connectivity index (χ0n) is 7.04. The molecule has 0 bridgehead atoms. The molecule has 0 amide bonds.